The van der Waals surface area contributed by atoms with Crippen molar-refractivity contribution in [3.8, 4) is 17.2 Å². The number of rotatable bonds is 12. The number of aryl methyl sites for hydroxylation is 1. The predicted molar refractivity (Wildman–Crippen MR) is 150 cm³/mol. The van der Waals surface area contributed by atoms with Gasteiger partial charge in [-0.3, -0.25) is 4.79 Å². The van der Waals surface area contributed by atoms with Crippen LogP contribution in [0.4, 0.5) is 13.2 Å². The van der Waals surface area contributed by atoms with Crippen LogP contribution >= 0.6 is 0 Å². The van der Waals surface area contributed by atoms with Crippen molar-refractivity contribution in [2.24, 2.45) is 0 Å². The lowest BCUT2D eigenvalue weighted by molar-refractivity contribution is -0.139. The molecule has 1 heterocycles. The van der Waals surface area contributed by atoms with Crippen molar-refractivity contribution in [3.63, 3.8) is 0 Å². The second kappa shape index (κ2) is 13.2. The Kier molecular flexibility index (Phi) is 9.46. The van der Waals surface area contributed by atoms with Gasteiger partial charge in [0.05, 0.1) is 17.9 Å². The van der Waals surface area contributed by atoms with E-state index in [4.69, 9.17) is 9.15 Å². The molecule has 0 aliphatic heterocycles. The first kappa shape index (κ1) is 30.1. The number of halogens is 3. The molecule has 0 radical (unpaired) electrons. The summed E-state index contributed by atoms with van der Waals surface area (Å²) in [5, 5.41) is 12.5. The van der Waals surface area contributed by atoms with E-state index >= 15 is 0 Å². The summed E-state index contributed by atoms with van der Waals surface area (Å²) in [4.78, 5) is 28.9. The zero-order valence-electron chi connectivity index (χ0n) is 22.9. The highest BCUT2D eigenvalue weighted by molar-refractivity contribution is 6.04. The number of oxazole rings is 1. The Morgan fingerprint density at radius 3 is 2.31 bits per heavy atom. The van der Waals surface area contributed by atoms with E-state index in [0.717, 1.165) is 52.9 Å². The number of hydrogen-bond acceptors (Lipinski definition) is 6. The average Bonchev–Trinajstić information content (AvgIpc) is 3.33. The Balaban J connectivity index is 1.30. The number of alkyl halides is 3. The number of carbonyl (C=O) groups excluding carboxylic acids is 1. The van der Waals surface area contributed by atoms with Gasteiger partial charge in [0.1, 0.15) is 17.6 Å². The van der Waals surface area contributed by atoms with Gasteiger partial charge in [-0.05, 0) is 55.8 Å². The smallest absolute Gasteiger partial charge is 0.416 e. The summed E-state index contributed by atoms with van der Waals surface area (Å²) in [5.41, 5.74) is 1.90. The number of nitrogens with one attached hydrogen (secondary N) is 1. The molecule has 3 aromatic carbocycles. The Bertz CT molecular complexity index is 1540. The number of ether oxygens (including phenoxy) is 1. The summed E-state index contributed by atoms with van der Waals surface area (Å²) in [7, 11) is 0. The summed E-state index contributed by atoms with van der Waals surface area (Å²) in [6.07, 6.45) is -2.67. The molecule has 0 aliphatic carbocycles. The van der Waals surface area contributed by atoms with E-state index in [2.05, 4.69) is 10.3 Å². The Hall–Kier alpha value is -4.86. The maximum Gasteiger partial charge on any atom is 0.416 e. The molecule has 10 heteroatoms. The van der Waals surface area contributed by atoms with Crippen LogP contribution in [0.15, 0.2) is 95.1 Å². The number of allylic oxidation sites excluding steroid dienone is 2. The van der Waals surface area contributed by atoms with Gasteiger partial charge in [-0.25, -0.2) is 9.78 Å². The second-order valence-corrected chi connectivity index (χ2v) is 9.64. The molecule has 0 fully saturated rings. The topological polar surface area (TPSA) is 102 Å². The molecule has 4 rings (SSSR count). The van der Waals surface area contributed by atoms with Gasteiger partial charge in [-0.15, -0.1) is 0 Å². The van der Waals surface area contributed by atoms with Crippen LogP contribution in [0.3, 0.4) is 0 Å². The van der Waals surface area contributed by atoms with Gasteiger partial charge >= 0.3 is 12.1 Å². The normalized spacial score (nSPS) is 12.5. The molecular weight excluding hydrogens is 549 g/mol. The summed E-state index contributed by atoms with van der Waals surface area (Å²) in [6.45, 7) is 3.75. The van der Waals surface area contributed by atoms with E-state index in [-0.39, 0.29) is 17.7 Å². The summed E-state index contributed by atoms with van der Waals surface area (Å²) in [5.74, 6) is 0.231. The molecule has 0 saturated heterocycles. The summed E-state index contributed by atoms with van der Waals surface area (Å²) >= 11 is 0. The lowest BCUT2D eigenvalue weighted by atomic mass is 10.0. The van der Waals surface area contributed by atoms with E-state index < -0.39 is 29.5 Å². The monoisotopic (exact) mass is 578 g/mol. The van der Waals surface area contributed by atoms with Gasteiger partial charge in [-0.1, -0.05) is 42.5 Å². The fraction of sp³-hybridized carbons (Fsp3) is 0.219. The van der Waals surface area contributed by atoms with Crippen LogP contribution in [0.1, 0.15) is 39.9 Å². The van der Waals surface area contributed by atoms with E-state index in [1.54, 1.807) is 24.3 Å². The molecule has 4 aromatic rings. The minimum atomic E-state index is -4.50. The van der Waals surface area contributed by atoms with Crippen LogP contribution in [0.2, 0.25) is 0 Å². The standard InChI is InChI=1S/C32H29F3N2O5/c1-20(18-29(38)23-10-12-25(13-11-23)32(33,34)35)36-28(31(39)40)19-22-8-14-26(15-9-22)41-17-16-27-21(2)42-30(37-27)24-6-4-3-5-7-24/h3-15,18,28,36H,16-17,19H2,1-2H3,(H,39,40)/b20-18-/t28-/m0/s1. The van der Waals surface area contributed by atoms with Crippen LogP contribution in [-0.2, 0) is 23.8 Å². The highest BCUT2D eigenvalue weighted by Gasteiger charge is 2.30. The minimum absolute atomic E-state index is 0.0574. The SMILES string of the molecule is C/C(=C/C(=O)c1ccc(C(F)(F)F)cc1)N[C@@H](Cc1ccc(OCCc2nc(-c3ccccc3)oc2C)cc1)C(=O)O. The van der Waals surface area contributed by atoms with Crippen molar-refractivity contribution in [1.82, 2.24) is 10.3 Å². The van der Waals surface area contributed by atoms with Gasteiger partial charge in [0.2, 0.25) is 5.89 Å². The maximum absolute atomic E-state index is 12.8. The first-order valence-electron chi connectivity index (χ1n) is 13.1. The van der Waals surface area contributed by atoms with Crippen molar-refractivity contribution in [2.75, 3.05) is 6.61 Å². The third-order valence-corrected chi connectivity index (χ3v) is 6.43. The van der Waals surface area contributed by atoms with Crippen LogP contribution < -0.4 is 10.1 Å². The van der Waals surface area contributed by atoms with Crippen molar-refractivity contribution in [2.45, 2.75) is 38.9 Å². The zero-order valence-corrected chi connectivity index (χ0v) is 22.9. The molecule has 0 spiro atoms. The van der Waals surface area contributed by atoms with Crippen LogP contribution in [0.5, 0.6) is 5.75 Å². The third kappa shape index (κ3) is 8.09. The van der Waals surface area contributed by atoms with E-state index in [0.29, 0.717) is 24.7 Å². The van der Waals surface area contributed by atoms with Crippen molar-refractivity contribution in [3.05, 3.63) is 119 Å². The number of carboxylic acids is 1. The fourth-order valence-corrected chi connectivity index (χ4v) is 4.21. The Morgan fingerprint density at radius 2 is 1.69 bits per heavy atom. The van der Waals surface area contributed by atoms with Crippen molar-refractivity contribution in [1.29, 1.82) is 0 Å². The van der Waals surface area contributed by atoms with E-state index in [1.165, 1.54) is 6.92 Å². The second-order valence-electron chi connectivity index (χ2n) is 9.64. The number of aromatic nitrogens is 1. The Labute approximate surface area is 240 Å². The van der Waals surface area contributed by atoms with Gasteiger partial charge in [0.25, 0.3) is 0 Å². The van der Waals surface area contributed by atoms with Crippen LogP contribution in [0.25, 0.3) is 11.5 Å². The first-order chi connectivity index (χ1) is 20.0. The number of hydrogen-bond donors (Lipinski definition) is 2. The van der Waals surface area contributed by atoms with Crippen LogP contribution in [0, 0.1) is 6.92 Å². The molecule has 0 saturated carbocycles. The molecular formula is C32H29F3N2O5. The molecule has 0 bridgehead atoms. The number of benzene rings is 3. The van der Waals surface area contributed by atoms with E-state index in [1.807, 2.05) is 37.3 Å². The first-order valence-corrected chi connectivity index (χ1v) is 13.1. The predicted octanol–water partition coefficient (Wildman–Crippen LogP) is 6.66. The summed E-state index contributed by atoms with van der Waals surface area (Å²) in [6, 6.07) is 19.4. The van der Waals surface area contributed by atoms with Gasteiger partial charge in [-0.2, -0.15) is 13.2 Å². The number of aliphatic carboxylic acids is 1. The molecule has 218 valence electrons. The number of nitrogens with zero attached hydrogens (tertiary/aromatic N) is 1. The van der Waals surface area contributed by atoms with Crippen molar-refractivity contribution >= 4 is 11.8 Å². The Morgan fingerprint density at radius 1 is 1.02 bits per heavy atom. The molecule has 0 amide bonds. The number of carboxylic acid groups (broad SMARTS) is 1. The van der Waals surface area contributed by atoms with Crippen LogP contribution in [-0.4, -0.2) is 34.5 Å². The lowest BCUT2D eigenvalue weighted by Crippen LogP contribution is -2.37. The maximum atomic E-state index is 12.8. The molecule has 7 nitrogen and oxygen atoms in total. The van der Waals surface area contributed by atoms with Crippen molar-refractivity contribution < 1.29 is 37.0 Å². The largest absolute Gasteiger partial charge is 0.493 e. The fourth-order valence-electron chi connectivity index (χ4n) is 4.21. The molecule has 1 atom stereocenters. The molecule has 2 N–H and O–H groups in total. The molecule has 1 aromatic heterocycles. The molecule has 0 aliphatic rings. The van der Waals surface area contributed by atoms with Gasteiger partial charge in [0, 0.05) is 35.7 Å². The number of carbonyl (C=O) groups is 2. The zero-order chi connectivity index (χ0) is 30.3. The van der Waals surface area contributed by atoms with Gasteiger partial charge in [0.15, 0.2) is 5.78 Å². The average molecular weight is 579 g/mol. The minimum Gasteiger partial charge on any atom is -0.493 e. The lowest BCUT2D eigenvalue weighted by Gasteiger charge is -2.16. The summed E-state index contributed by atoms with van der Waals surface area (Å²) < 4.78 is 49.9. The van der Waals surface area contributed by atoms with E-state index in [9.17, 15) is 27.9 Å². The third-order valence-electron chi connectivity index (χ3n) is 6.43. The molecule has 42 heavy (non-hydrogen) atoms. The van der Waals surface area contributed by atoms with Gasteiger partial charge < -0.3 is 19.6 Å². The number of ketones is 1. The highest BCUT2D eigenvalue weighted by Crippen LogP contribution is 2.29. The highest BCUT2D eigenvalue weighted by atomic mass is 19.4. The molecule has 0 unspecified atom stereocenters. The quantitative estimate of drug-likeness (QED) is 0.143.